The van der Waals surface area contributed by atoms with Gasteiger partial charge in [-0.15, -0.1) is 11.3 Å². The van der Waals surface area contributed by atoms with E-state index in [1.54, 1.807) is 12.4 Å². The van der Waals surface area contributed by atoms with Gasteiger partial charge in [-0.05, 0) is 13.0 Å². The summed E-state index contributed by atoms with van der Waals surface area (Å²) in [5.41, 5.74) is -0.458. The lowest BCUT2D eigenvalue weighted by Gasteiger charge is -2.35. The van der Waals surface area contributed by atoms with Crippen LogP contribution in [0.1, 0.15) is 18.2 Å². The van der Waals surface area contributed by atoms with Gasteiger partial charge in [0.25, 0.3) is 5.56 Å². The lowest BCUT2D eigenvalue weighted by Crippen LogP contribution is -2.45. The number of hydrogen-bond acceptors (Lipinski definition) is 5. The Morgan fingerprint density at radius 1 is 1.57 bits per heavy atom. The fraction of sp³-hybridized carbons (Fsp3) is 0.333. The molecule has 3 N–H and O–H groups in total. The predicted molar refractivity (Wildman–Crippen MR) is 84.2 cm³/mol. The topological polar surface area (TPSA) is 91.0 Å². The van der Waals surface area contributed by atoms with Crippen LogP contribution in [0.15, 0.2) is 23.3 Å². The Morgan fingerprint density at radius 2 is 2.39 bits per heavy atom. The molecule has 8 heteroatoms. The summed E-state index contributed by atoms with van der Waals surface area (Å²) >= 11 is 1.33. The van der Waals surface area contributed by atoms with E-state index < -0.39 is 11.8 Å². The number of rotatable bonds is 2. The average Bonchev–Trinajstić information content (AvgIpc) is 3.17. The number of ether oxygens (including phenoxy) is 1. The molecular weight excluding hydrogens is 321 g/mol. The number of fused-ring (bicyclic) bond motifs is 3. The maximum atomic E-state index is 13.9. The van der Waals surface area contributed by atoms with Crippen LogP contribution in [0.2, 0.25) is 0 Å². The van der Waals surface area contributed by atoms with Crippen molar-refractivity contribution in [1.29, 1.82) is 0 Å². The third kappa shape index (κ3) is 2.06. The van der Waals surface area contributed by atoms with Gasteiger partial charge in [0.15, 0.2) is 5.60 Å². The molecule has 23 heavy (non-hydrogen) atoms. The Balaban J connectivity index is 2.01. The van der Waals surface area contributed by atoms with Gasteiger partial charge in [0.05, 0.1) is 25.1 Å². The summed E-state index contributed by atoms with van der Waals surface area (Å²) in [6, 6.07) is 1.86. The molecule has 0 aliphatic carbocycles. The molecule has 0 saturated heterocycles. The molecule has 0 amide bonds. The second kappa shape index (κ2) is 4.98. The van der Waals surface area contributed by atoms with Gasteiger partial charge in [-0.3, -0.25) is 9.89 Å². The molecule has 0 fully saturated rings. The maximum Gasteiger partial charge on any atom is 0.266 e. The first-order valence-electron chi connectivity index (χ1n) is 7.13. The SMILES string of the molecule is CC(F)[C@@]1(O)COCc2c1[nH]c(=O)c1sc(-c3cn[nH]c3)cc21. The average molecular weight is 335 g/mol. The molecule has 2 atom stereocenters. The number of aromatic amines is 2. The summed E-state index contributed by atoms with van der Waals surface area (Å²) in [5.74, 6) is 0. The Morgan fingerprint density at radius 3 is 3.09 bits per heavy atom. The normalized spacial score (nSPS) is 22.2. The highest BCUT2D eigenvalue weighted by Gasteiger charge is 2.43. The minimum atomic E-state index is -1.83. The molecule has 3 aromatic heterocycles. The van der Waals surface area contributed by atoms with Crippen molar-refractivity contribution in [2.75, 3.05) is 6.61 Å². The zero-order chi connectivity index (χ0) is 16.2. The quantitative estimate of drug-likeness (QED) is 0.668. The maximum absolute atomic E-state index is 13.9. The van der Waals surface area contributed by atoms with Gasteiger partial charge in [0, 0.05) is 27.6 Å². The smallest absolute Gasteiger partial charge is 0.266 e. The first-order chi connectivity index (χ1) is 11.0. The van der Waals surface area contributed by atoms with E-state index in [1.807, 2.05) is 6.07 Å². The minimum absolute atomic E-state index is 0.183. The van der Waals surface area contributed by atoms with E-state index in [1.165, 1.54) is 18.3 Å². The van der Waals surface area contributed by atoms with Crippen molar-refractivity contribution >= 4 is 21.4 Å². The van der Waals surface area contributed by atoms with Crippen molar-refractivity contribution < 1.29 is 14.2 Å². The van der Waals surface area contributed by atoms with Gasteiger partial charge in [0.1, 0.15) is 10.9 Å². The van der Waals surface area contributed by atoms with E-state index in [-0.39, 0.29) is 24.5 Å². The third-order valence-electron chi connectivity index (χ3n) is 4.25. The molecule has 0 bridgehead atoms. The van der Waals surface area contributed by atoms with E-state index in [4.69, 9.17) is 4.74 Å². The summed E-state index contributed by atoms with van der Waals surface area (Å²) in [6.07, 6.45) is 1.84. The molecule has 0 aromatic carbocycles. The number of halogens is 1. The van der Waals surface area contributed by atoms with Gasteiger partial charge in [0.2, 0.25) is 0 Å². The van der Waals surface area contributed by atoms with Crippen LogP contribution in [-0.4, -0.2) is 33.1 Å². The highest BCUT2D eigenvalue weighted by atomic mass is 32.1. The van der Waals surface area contributed by atoms with Crippen LogP contribution in [0.5, 0.6) is 0 Å². The van der Waals surface area contributed by atoms with Crippen molar-refractivity contribution in [1.82, 2.24) is 15.2 Å². The van der Waals surface area contributed by atoms with Crippen molar-refractivity contribution in [3.63, 3.8) is 0 Å². The fourth-order valence-electron chi connectivity index (χ4n) is 2.91. The van der Waals surface area contributed by atoms with Gasteiger partial charge in [-0.2, -0.15) is 5.10 Å². The molecule has 4 heterocycles. The van der Waals surface area contributed by atoms with Gasteiger partial charge in [-0.25, -0.2) is 4.39 Å². The van der Waals surface area contributed by atoms with Crippen molar-refractivity contribution in [3.8, 4) is 10.4 Å². The number of aliphatic hydroxyl groups is 1. The summed E-state index contributed by atoms with van der Waals surface area (Å²) < 4.78 is 19.9. The summed E-state index contributed by atoms with van der Waals surface area (Å²) in [6.45, 7) is 1.29. The first-order valence-corrected chi connectivity index (χ1v) is 7.95. The van der Waals surface area contributed by atoms with Crippen LogP contribution in [-0.2, 0) is 16.9 Å². The number of hydrogen-bond donors (Lipinski definition) is 3. The number of nitrogens with zero attached hydrogens (tertiary/aromatic N) is 1. The van der Waals surface area contributed by atoms with Crippen LogP contribution in [0.4, 0.5) is 4.39 Å². The van der Waals surface area contributed by atoms with Gasteiger partial charge in [-0.1, -0.05) is 0 Å². The van der Waals surface area contributed by atoms with Crippen LogP contribution in [0.25, 0.3) is 20.5 Å². The first kappa shape index (κ1) is 14.6. The van der Waals surface area contributed by atoms with Crippen LogP contribution < -0.4 is 5.56 Å². The highest BCUT2D eigenvalue weighted by molar-refractivity contribution is 7.22. The number of aromatic nitrogens is 3. The largest absolute Gasteiger partial charge is 0.378 e. The second-order valence-electron chi connectivity index (χ2n) is 5.68. The lowest BCUT2D eigenvalue weighted by molar-refractivity contribution is -0.115. The van der Waals surface area contributed by atoms with Gasteiger partial charge < -0.3 is 14.8 Å². The highest BCUT2D eigenvalue weighted by Crippen LogP contribution is 2.39. The fourth-order valence-corrected chi connectivity index (χ4v) is 3.97. The molecule has 0 radical (unpaired) electrons. The Bertz CT molecular complexity index is 931. The van der Waals surface area contributed by atoms with Crippen LogP contribution in [0, 0.1) is 0 Å². The number of alkyl halides is 1. The molecule has 0 spiro atoms. The summed E-state index contributed by atoms with van der Waals surface area (Å²) in [5, 5.41) is 17.9. The molecule has 1 aliphatic heterocycles. The molecule has 6 nitrogen and oxygen atoms in total. The third-order valence-corrected chi connectivity index (χ3v) is 5.43. The van der Waals surface area contributed by atoms with Crippen molar-refractivity contribution in [3.05, 3.63) is 40.1 Å². The lowest BCUT2D eigenvalue weighted by atomic mass is 9.88. The summed E-state index contributed by atoms with van der Waals surface area (Å²) in [7, 11) is 0. The van der Waals surface area contributed by atoms with E-state index in [9.17, 15) is 14.3 Å². The van der Waals surface area contributed by atoms with Crippen molar-refractivity contribution in [2.45, 2.75) is 25.3 Å². The molecule has 1 aliphatic rings. The predicted octanol–water partition coefficient (Wildman–Crippen LogP) is 2.06. The zero-order valence-electron chi connectivity index (χ0n) is 12.2. The molecule has 4 rings (SSSR count). The molecule has 0 saturated carbocycles. The molecule has 1 unspecified atom stereocenters. The summed E-state index contributed by atoms with van der Waals surface area (Å²) in [4.78, 5) is 15.9. The van der Waals surface area contributed by atoms with E-state index >= 15 is 0 Å². The Hall–Kier alpha value is -2.03. The van der Waals surface area contributed by atoms with Crippen LogP contribution >= 0.6 is 11.3 Å². The standard InChI is InChI=1S/C15H14FN3O3S/c1-7(16)15(21)6-22-5-10-9-2-11(8-3-17-18-4-8)23-12(9)14(20)19-13(10)15/h2-4,7,21H,5-6H2,1H3,(H,17,18)(H,19,20)/t7?,15-/m0/s1. The Kier molecular flexibility index (Phi) is 3.15. The minimum Gasteiger partial charge on any atom is -0.378 e. The number of nitrogens with one attached hydrogen (secondary N) is 2. The van der Waals surface area contributed by atoms with Crippen LogP contribution in [0.3, 0.4) is 0 Å². The zero-order valence-corrected chi connectivity index (χ0v) is 13.0. The molecule has 120 valence electrons. The number of thiophene rings is 1. The van der Waals surface area contributed by atoms with Crippen molar-refractivity contribution in [2.24, 2.45) is 0 Å². The second-order valence-corrected chi connectivity index (χ2v) is 6.73. The number of pyridine rings is 1. The van der Waals surface area contributed by atoms with Gasteiger partial charge >= 0.3 is 0 Å². The number of H-pyrrole nitrogens is 2. The Labute approximate surface area is 133 Å². The monoisotopic (exact) mass is 335 g/mol. The van der Waals surface area contributed by atoms with E-state index in [0.717, 1.165) is 10.4 Å². The van der Waals surface area contributed by atoms with E-state index in [2.05, 4.69) is 15.2 Å². The molecular formula is C15H14FN3O3S. The molecule has 3 aromatic rings. The van der Waals surface area contributed by atoms with E-state index in [0.29, 0.717) is 15.6 Å².